The van der Waals surface area contributed by atoms with E-state index in [1.54, 1.807) is 0 Å². The van der Waals surface area contributed by atoms with Crippen LogP contribution in [0.1, 0.15) is 0 Å². The maximum Gasteiger partial charge on any atom is 0.439 e. The van der Waals surface area contributed by atoms with Gasteiger partial charge in [-0.25, -0.2) is 0 Å². The second-order valence-electron chi connectivity index (χ2n) is 1.12. The number of azide groups is 1. The largest absolute Gasteiger partial charge is 0.439 e. The predicted molar refractivity (Wildman–Crippen MR) is 39.0 cm³/mol. The minimum absolute atomic E-state index is 2.27. The highest BCUT2D eigenvalue weighted by molar-refractivity contribution is 7.17. The summed E-state index contributed by atoms with van der Waals surface area (Å²) in [5.41, 5.74) is 23.7. The number of hydrogen-bond donors (Lipinski definition) is 0. The van der Waals surface area contributed by atoms with Gasteiger partial charge in [0.05, 0.1) is 0 Å². The maximum atomic E-state index is 7.90. The zero-order valence-electron chi connectivity index (χ0n) is 4.90. The van der Waals surface area contributed by atoms with Crippen molar-refractivity contribution in [2.24, 2.45) is 14.3 Å². The Morgan fingerprint density at radius 3 is 1.36 bits per heavy atom. The SMILES string of the molecule is [N-]=[N+]=N[Si](Cl)(N=[N+]=[N-])N=[N+]=[N-]. The van der Waals surface area contributed by atoms with Gasteiger partial charge in [0, 0.05) is 0 Å². The molecule has 0 spiro atoms. The van der Waals surface area contributed by atoms with Crippen LogP contribution in [0.3, 0.4) is 0 Å². The average Bonchev–Trinajstić information content (AvgIpc) is 1.88. The Labute approximate surface area is 65.4 Å². The van der Waals surface area contributed by atoms with Gasteiger partial charge in [-0.3, -0.25) is 0 Å². The Morgan fingerprint density at radius 1 is 0.909 bits per heavy atom. The minimum Gasteiger partial charge on any atom is -0.149 e. The molecule has 0 fully saturated rings. The summed E-state index contributed by atoms with van der Waals surface area (Å²) < 4.78 is 8.64. The van der Waals surface area contributed by atoms with E-state index >= 15 is 0 Å². The van der Waals surface area contributed by atoms with Crippen LogP contribution in [0.15, 0.2) is 14.3 Å². The third-order valence-electron chi connectivity index (χ3n) is 0.516. The number of hydrogen-bond acceptors (Lipinski definition) is 3. The topological polar surface area (TPSA) is 146 Å². The molecule has 0 aliphatic heterocycles. The first-order valence-corrected chi connectivity index (χ1v) is 4.91. The second kappa shape index (κ2) is 4.28. The van der Waals surface area contributed by atoms with Crippen LogP contribution in [0, 0.1) is 0 Å². The van der Waals surface area contributed by atoms with Crippen molar-refractivity contribution in [1.82, 2.24) is 0 Å². The molecule has 0 saturated heterocycles. The van der Waals surface area contributed by atoms with Crippen LogP contribution < -0.4 is 0 Å². The lowest BCUT2D eigenvalue weighted by molar-refractivity contribution is 1.41. The quantitative estimate of drug-likeness (QED) is 0.211. The van der Waals surface area contributed by atoms with Crippen molar-refractivity contribution >= 4 is 18.9 Å². The van der Waals surface area contributed by atoms with Gasteiger partial charge in [-0.2, -0.15) is 0 Å². The third-order valence-corrected chi connectivity index (χ3v) is 2.23. The average molecular weight is 190 g/mol. The normalized spacial score (nSPS) is 12.8. The van der Waals surface area contributed by atoms with Gasteiger partial charge in [0.25, 0.3) is 0 Å². The Bertz CT molecular complexity index is 226. The first kappa shape index (κ1) is 9.44. The third kappa shape index (κ3) is 3.21. The second-order valence-corrected chi connectivity index (χ2v) is 4.35. The molecule has 0 unspecified atom stereocenters. The summed E-state index contributed by atoms with van der Waals surface area (Å²) in [4.78, 5) is 6.81. The summed E-state index contributed by atoms with van der Waals surface area (Å²) >= 11 is 5.32. The summed E-state index contributed by atoms with van der Waals surface area (Å²) in [6.45, 7) is 0. The van der Waals surface area contributed by atoms with E-state index in [1.807, 2.05) is 0 Å². The van der Waals surface area contributed by atoms with Crippen molar-refractivity contribution in [3.8, 4) is 0 Å². The highest BCUT2D eigenvalue weighted by Gasteiger charge is 2.27. The molecular weight excluding hydrogens is 190 g/mol. The summed E-state index contributed by atoms with van der Waals surface area (Å²) in [6.07, 6.45) is 0. The summed E-state index contributed by atoms with van der Waals surface area (Å²) in [5, 5.41) is 0. The molecule has 0 N–H and O–H groups in total. The van der Waals surface area contributed by atoms with Gasteiger partial charge in [-0.15, -0.1) is 11.1 Å². The molecule has 0 aromatic carbocycles. The summed E-state index contributed by atoms with van der Waals surface area (Å²) in [7, 11) is -3.65. The first-order chi connectivity index (χ1) is 5.18. The van der Waals surface area contributed by atoms with Crippen LogP contribution in [-0.4, -0.2) is 7.87 Å². The fraction of sp³-hybridized carbons (Fsp3) is 0. The molecule has 0 bridgehead atoms. The van der Waals surface area contributed by atoms with Crippen molar-refractivity contribution in [2.45, 2.75) is 0 Å². The zero-order chi connectivity index (χ0) is 8.74. The molecule has 0 aromatic heterocycles. The van der Waals surface area contributed by atoms with E-state index in [9.17, 15) is 0 Å². The lowest BCUT2D eigenvalue weighted by Gasteiger charge is -1.98. The Morgan fingerprint density at radius 2 is 1.18 bits per heavy atom. The van der Waals surface area contributed by atoms with Crippen molar-refractivity contribution in [3.63, 3.8) is 0 Å². The minimum atomic E-state index is -3.65. The number of rotatable bonds is 3. The molecule has 0 amide bonds. The molecule has 0 radical (unpaired) electrons. The molecular formula is ClN9Si. The van der Waals surface area contributed by atoms with E-state index in [-0.39, 0.29) is 0 Å². The molecule has 9 nitrogen and oxygen atoms in total. The van der Waals surface area contributed by atoms with E-state index < -0.39 is 7.87 Å². The predicted octanol–water partition coefficient (Wildman–Crippen LogP) is 2.59. The highest BCUT2D eigenvalue weighted by Crippen LogP contribution is 2.14. The summed E-state index contributed by atoms with van der Waals surface area (Å²) in [6, 6.07) is 0. The molecule has 56 valence electrons. The molecule has 0 aliphatic rings. The van der Waals surface area contributed by atoms with Crippen LogP contribution in [0.4, 0.5) is 0 Å². The fourth-order valence-corrected chi connectivity index (χ4v) is 0.996. The van der Waals surface area contributed by atoms with E-state index in [0.717, 1.165) is 0 Å². The standard InChI is InChI=1S/ClN9Si/c1-11(8-5-2,9-6-3)10-7-4. The van der Waals surface area contributed by atoms with Crippen LogP contribution in [0.25, 0.3) is 31.3 Å². The van der Waals surface area contributed by atoms with Crippen molar-refractivity contribution in [2.75, 3.05) is 0 Å². The zero-order valence-corrected chi connectivity index (χ0v) is 6.66. The Kier molecular flexibility index (Phi) is 3.68. The van der Waals surface area contributed by atoms with Gasteiger partial charge in [0.15, 0.2) is 0 Å². The van der Waals surface area contributed by atoms with Crippen LogP contribution in [0.2, 0.25) is 0 Å². The fourth-order valence-electron chi connectivity index (χ4n) is 0.231. The van der Waals surface area contributed by atoms with Crippen molar-refractivity contribution < 1.29 is 0 Å². The molecule has 0 aromatic rings. The molecule has 0 rings (SSSR count). The number of nitrogens with zero attached hydrogens (tertiary/aromatic N) is 9. The van der Waals surface area contributed by atoms with Gasteiger partial charge in [-0.05, 0) is 31.3 Å². The maximum absolute atomic E-state index is 7.90. The van der Waals surface area contributed by atoms with E-state index in [4.69, 9.17) is 27.7 Å². The van der Waals surface area contributed by atoms with E-state index in [1.165, 1.54) is 0 Å². The number of halogens is 1. The van der Waals surface area contributed by atoms with Crippen molar-refractivity contribution in [3.05, 3.63) is 31.3 Å². The smallest absolute Gasteiger partial charge is 0.149 e. The lowest BCUT2D eigenvalue weighted by atomic mass is 13.0. The Hall–Kier alpha value is -1.56. The van der Waals surface area contributed by atoms with Crippen molar-refractivity contribution in [1.29, 1.82) is 0 Å². The van der Waals surface area contributed by atoms with Crippen LogP contribution in [-0.2, 0) is 0 Å². The monoisotopic (exact) mass is 189 g/mol. The summed E-state index contributed by atoms with van der Waals surface area (Å²) in [5.74, 6) is 0. The van der Waals surface area contributed by atoms with Gasteiger partial charge in [-0.1, -0.05) is 14.3 Å². The van der Waals surface area contributed by atoms with E-state index in [0.29, 0.717) is 0 Å². The first-order valence-electron chi connectivity index (χ1n) is 2.06. The van der Waals surface area contributed by atoms with E-state index in [2.05, 4.69) is 29.1 Å². The molecule has 0 atom stereocenters. The van der Waals surface area contributed by atoms with Gasteiger partial charge >= 0.3 is 7.87 Å². The van der Waals surface area contributed by atoms with Gasteiger partial charge < -0.3 is 0 Å². The molecule has 0 heterocycles. The van der Waals surface area contributed by atoms with Crippen LogP contribution >= 0.6 is 11.1 Å². The molecule has 0 saturated carbocycles. The van der Waals surface area contributed by atoms with Gasteiger partial charge in [0.2, 0.25) is 0 Å². The molecule has 11 heavy (non-hydrogen) atoms. The Balaban J connectivity index is 4.94. The van der Waals surface area contributed by atoms with Crippen LogP contribution in [0.5, 0.6) is 0 Å². The molecule has 0 aliphatic carbocycles. The highest BCUT2D eigenvalue weighted by atomic mass is 35.6. The van der Waals surface area contributed by atoms with Gasteiger partial charge in [0.1, 0.15) is 0 Å². The molecule has 11 heteroatoms. The lowest BCUT2D eigenvalue weighted by Crippen LogP contribution is -2.15.